The second-order valence-electron chi connectivity index (χ2n) is 8.12. The largest absolute Gasteiger partial charge is 0.378 e. The van der Waals surface area contributed by atoms with Gasteiger partial charge in [-0.15, -0.1) is 0 Å². The molecule has 1 heterocycles. The van der Waals surface area contributed by atoms with Gasteiger partial charge in [0.25, 0.3) is 10.0 Å². The predicted octanol–water partition coefficient (Wildman–Crippen LogP) is 7.93. The second-order valence-corrected chi connectivity index (χ2v) is 11.5. The van der Waals surface area contributed by atoms with Gasteiger partial charge in [-0.05, 0) is 72.0 Å². The Hall–Kier alpha value is -1.89. The highest BCUT2D eigenvalue weighted by atomic mass is 35.5. The minimum Gasteiger partial charge on any atom is -0.378 e. The van der Waals surface area contributed by atoms with Crippen LogP contribution in [0.25, 0.3) is 0 Å². The molecular formula is C24H18Cl4N2O2S. The highest BCUT2D eigenvalue weighted by Gasteiger charge is 2.39. The van der Waals surface area contributed by atoms with Crippen LogP contribution in [0.1, 0.15) is 29.5 Å². The molecule has 2 N–H and O–H groups in total. The topological polar surface area (TPSA) is 58.2 Å². The van der Waals surface area contributed by atoms with Crippen molar-refractivity contribution in [2.75, 3.05) is 10.0 Å². The summed E-state index contributed by atoms with van der Waals surface area (Å²) >= 11 is 24.8. The molecule has 3 atom stereocenters. The molecule has 0 aromatic heterocycles. The number of hydrogen-bond acceptors (Lipinski definition) is 3. The maximum atomic E-state index is 13.1. The third-order valence-corrected chi connectivity index (χ3v) is 8.61. The van der Waals surface area contributed by atoms with Gasteiger partial charge in [-0.3, -0.25) is 4.72 Å². The van der Waals surface area contributed by atoms with Crippen LogP contribution in [-0.2, 0) is 10.0 Å². The molecule has 1 aliphatic heterocycles. The zero-order valence-electron chi connectivity index (χ0n) is 17.0. The summed E-state index contributed by atoms with van der Waals surface area (Å²) in [5.74, 6) is 0.257. The molecular weight excluding hydrogens is 522 g/mol. The van der Waals surface area contributed by atoms with E-state index in [2.05, 4.69) is 22.2 Å². The fourth-order valence-electron chi connectivity index (χ4n) is 4.58. The predicted molar refractivity (Wildman–Crippen MR) is 137 cm³/mol. The number of nitrogens with one attached hydrogen (secondary N) is 2. The minimum atomic E-state index is -3.87. The van der Waals surface area contributed by atoms with E-state index in [1.54, 1.807) is 36.4 Å². The first-order valence-electron chi connectivity index (χ1n) is 10.2. The summed E-state index contributed by atoms with van der Waals surface area (Å²) in [5.41, 5.74) is 3.00. The van der Waals surface area contributed by atoms with Gasteiger partial charge in [0.1, 0.15) is 0 Å². The molecule has 0 saturated heterocycles. The molecule has 0 unspecified atom stereocenters. The molecule has 170 valence electrons. The minimum absolute atomic E-state index is 0.0203. The Balaban J connectivity index is 1.51. The molecule has 0 radical (unpaired) electrons. The van der Waals surface area contributed by atoms with Crippen LogP contribution in [0.3, 0.4) is 0 Å². The van der Waals surface area contributed by atoms with Crippen LogP contribution in [0.5, 0.6) is 0 Å². The first-order chi connectivity index (χ1) is 15.7. The normalized spacial score (nSPS) is 21.3. The summed E-state index contributed by atoms with van der Waals surface area (Å²) in [7, 11) is -3.87. The lowest BCUT2D eigenvalue weighted by atomic mass is 9.77. The summed E-state index contributed by atoms with van der Waals surface area (Å²) in [5, 5.41) is 5.42. The second kappa shape index (κ2) is 8.71. The molecule has 4 nitrogen and oxygen atoms in total. The van der Waals surface area contributed by atoms with Crippen LogP contribution < -0.4 is 10.0 Å². The number of allylic oxidation sites excluding steroid dienone is 2. The molecule has 3 aromatic carbocycles. The van der Waals surface area contributed by atoms with E-state index >= 15 is 0 Å². The maximum Gasteiger partial charge on any atom is 0.261 e. The van der Waals surface area contributed by atoms with Crippen molar-refractivity contribution in [3.63, 3.8) is 0 Å². The molecule has 3 aromatic rings. The molecule has 9 heteroatoms. The van der Waals surface area contributed by atoms with Gasteiger partial charge in [-0.25, -0.2) is 8.42 Å². The highest BCUT2D eigenvalue weighted by molar-refractivity contribution is 7.92. The van der Waals surface area contributed by atoms with E-state index in [0.717, 1.165) is 23.2 Å². The fourth-order valence-corrected chi connectivity index (χ4v) is 6.61. The van der Waals surface area contributed by atoms with E-state index in [0.29, 0.717) is 15.1 Å². The molecule has 5 rings (SSSR count). The molecule has 0 fully saturated rings. The number of sulfonamides is 1. The Morgan fingerprint density at radius 3 is 2.39 bits per heavy atom. The molecule has 1 aliphatic carbocycles. The SMILES string of the molecule is O=S(=O)(Nc1cc(Cl)ccc1Cl)c1ccc2c(c1)[C@H]1C=CC[C@H]1[C@@H](c1ccc(Cl)cc1Cl)N2. The fraction of sp³-hybridized carbons (Fsp3) is 0.167. The van der Waals surface area contributed by atoms with Crippen molar-refractivity contribution in [2.24, 2.45) is 5.92 Å². The zero-order chi connectivity index (χ0) is 23.3. The number of fused-ring (bicyclic) bond motifs is 3. The van der Waals surface area contributed by atoms with Gasteiger partial charge in [-0.1, -0.05) is 64.6 Å². The lowest BCUT2D eigenvalue weighted by Crippen LogP contribution is -2.29. The number of benzene rings is 3. The van der Waals surface area contributed by atoms with Crippen molar-refractivity contribution < 1.29 is 8.42 Å². The van der Waals surface area contributed by atoms with Gasteiger partial charge >= 0.3 is 0 Å². The van der Waals surface area contributed by atoms with Crippen LogP contribution in [0, 0.1) is 5.92 Å². The number of halogens is 4. The average molecular weight is 540 g/mol. The van der Waals surface area contributed by atoms with Gasteiger partial charge in [0, 0.05) is 26.7 Å². The van der Waals surface area contributed by atoms with Crippen LogP contribution in [-0.4, -0.2) is 8.42 Å². The monoisotopic (exact) mass is 538 g/mol. The Kier molecular flexibility index (Phi) is 6.04. The Labute approximate surface area is 212 Å². The summed E-state index contributed by atoms with van der Waals surface area (Å²) in [4.78, 5) is 0.154. The first kappa shape index (κ1) is 22.9. The van der Waals surface area contributed by atoms with Crippen LogP contribution in [0.15, 0.2) is 71.6 Å². The van der Waals surface area contributed by atoms with Crippen LogP contribution in [0.4, 0.5) is 11.4 Å². The molecule has 0 saturated carbocycles. The Morgan fingerprint density at radius 1 is 0.848 bits per heavy atom. The molecule has 0 amide bonds. The maximum absolute atomic E-state index is 13.1. The summed E-state index contributed by atoms with van der Waals surface area (Å²) in [6.07, 6.45) is 5.13. The van der Waals surface area contributed by atoms with Crippen molar-refractivity contribution in [3.8, 4) is 0 Å². The quantitative estimate of drug-likeness (QED) is 0.331. The molecule has 0 bridgehead atoms. The Bertz CT molecular complexity index is 1390. The smallest absolute Gasteiger partial charge is 0.261 e. The zero-order valence-corrected chi connectivity index (χ0v) is 20.9. The van der Waals surface area contributed by atoms with Crippen LogP contribution >= 0.6 is 46.4 Å². The van der Waals surface area contributed by atoms with Gasteiger partial charge in [0.2, 0.25) is 0 Å². The van der Waals surface area contributed by atoms with E-state index < -0.39 is 10.0 Å². The first-order valence-corrected chi connectivity index (χ1v) is 13.2. The Morgan fingerprint density at radius 2 is 1.61 bits per heavy atom. The summed E-state index contributed by atoms with van der Waals surface area (Å²) < 4.78 is 28.8. The third-order valence-electron chi connectivity index (χ3n) is 6.11. The highest BCUT2D eigenvalue weighted by Crippen LogP contribution is 2.51. The van der Waals surface area contributed by atoms with E-state index in [1.165, 1.54) is 6.07 Å². The molecule has 33 heavy (non-hydrogen) atoms. The molecule has 2 aliphatic rings. The lowest BCUT2D eigenvalue weighted by molar-refractivity contribution is 0.425. The van der Waals surface area contributed by atoms with Crippen molar-refractivity contribution in [2.45, 2.75) is 23.3 Å². The van der Waals surface area contributed by atoms with Crippen molar-refractivity contribution in [1.82, 2.24) is 0 Å². The van der Waals surface area contributed by atoms with E-state index in [-0.39, 0.29) is 33.5 Å². The van der Waals surface area contributed by atoms with Gasteiger partial charge in [0.05, 0.1) is 21.6 Å². The van der Waals surface area contributed by atoms with E-state index in [1.807, 2.05) is 12.1 Å². The number of rotatable bonds is 4. The van der Waals surface area contributed by atoms with E-state index in [9.17, 15) is 8.42 Å². The standard InChI is InChI=1S/C24H18Cl4N2O2S/c25-13-4-7-18(21(28)10-13)24-17-3-1-2-16(17)19-12-15(6-9-22(19)29-24)33(31,32)30-23-11-14(26)5-8-20(23)27/h1-2,4-12,16-17,24,29-30H,3H2/t16-,17+,24-/m0/s1. The van der Waals surface area contributed by atoms with Gasteiger partial charge in [-0.2, -0.15) is 0 Å². The number of anilines is 2. The third kappa shape index (κ3) is 4.33. The molecule has 0 spiro atoms. The average Bonchev–Trinajstić information content (AvgIpc) is 3.26. The van der Waals surface area contributed by atoms with E-state index in [4.69, 9.17) is 46.4 Å². The number of hydrogen-bond donors (Lipinski definition) is 2. The van der Waals surface area contributed by atoms with Crippen molar-refractivity contribution >= 4 is 67.8 Å². The lowest BCUT2D eigenvalue weighted by Gasteiger charge is -2.38. The van der Waals surface area contributed by atoms with Crippen molar-refractivity contribution in [3.05, 3.63) is 98.0 Å². The van der Waals surface area contributed by atoms with Crippen molar-refractivity contribution in [1.29, 1.82) is 0 Å². The van der Waals surface area contributed by atoms with Crippen LogP contribution in [0.2, 0.25) is 20.1 Å². The summed E-state index contributed by atoms with van der Waals surface area (Å²) in [6, 6.07) is 15.2. The summed E-state index contributed by atoms with van der Waals surface area (Å²) in [6.45, 7) is 0. The van der Waals surface area contributed by atoms with Gasteiger partial charge < -0.3 is 5.32 Å². The van der Waals surface area contributed by atoms with Gasteiger partial charge in [0.15, 0.2) is 0 Å².